The SMILES string of the molecule is CCCN1C(=O)/C(=c2/sc3n(c2=O)C(c2ccc(Cl)cc2)C(C(=O)OC)=C(C)N=3)c2ccccc21. The molecule has 1 aromatic heterocycles. The van der Waals surface area contributed by atoms with Crippen LogP contribution in [-0.2, 0) is 14.3 Å². The molecule has 1 atom stereocenters. The number of halogens is 1. The first-order valence-electron chi connectivity index (χ1n) is 11.2. The molecule has 35 heavy (non-hydrogen) atoms. The first-order chi connectivity index (χ1) is 16.9. The second-order valence-electron chi connectivity index (χ2n) is 8.29. The summed E-state index contributed by atoms with van der Waals surface area (Å²) in [4.78, 5) is 47.0. The van der Waals surface area contributed by atoms with Crippen molar-refractivity contribution < 1.29 is 14.3 Å². The minimum absolute atomic E-state index is 0.203. The van der Waals surface area contributed by atoms with E-state index in [4.69, 9.17) is 16.3 Å². The van der Waals surface area contributed by atoms with Gasteiger partial charge in [-0.05, 0) is 37.1 Å². The Balaban J connectivity index is 1.83. The van der Waals surface area contributed by atoms with Gasteiger partial charge in [-0.15, -0.1) is 0 Å². The van der Waals surface area contributed by atoms with Gasteiger partial charge >= 0.3 is 5.97 Å². The van der Waals surface area contributed by atoms with Crippen molar-refractivity contribution >= 4 is 46.1 Å². The van der Waals surface area contributed by atoms with Crippen molar-refractivity contribution in [3.8, 4) is 0 Å². The lowest BCUT2D eigenvalue weighted by Crippen LogP contribution is -2.40. The number of rotatable bonds is 4. The molecule has 0 saturated heterocycles. The first kappa shape index (κ1) is 23.3. The third kappa shape index (κ3) is 3.64. The number of fused-ring (bicyclic) bond motifs is 2. The van der Waals surface area contributed by atoms with Crippen LogP contribution in [0.15, 0.2) is 69.6 Å². The summed E-state index contributed by atoms with van der Waals surface area (Å²) >= 11 is 7.26. The Morgan fingerprint density at radius 3 is 2.54 bits per heavy atom. The van der Waals surface area contributed by atoms with Crippen LogP contribution in [0, 0.1) is 0 Å². The number of esters is 1. The van der Waals surface area contributed by atoms with Crippen LogP contribution >= 0.6 is 22.9 Å². The molecular weight excluding hydrogens is 486 g/mol. The highest BCUT2D eigenvalue weighted by Crippen LogP contribution is 2.35. The number of para-hydroxylation sites is 1. The number of allylic oxidation sites excluding steroid dienone is 1. The van der Waals surface area contributed by atoms with Crippen molar-refractivity contribution in [1.82, 2.24) is 4.57 Å². The van der Waals surface area contributed by atoms with Crippen molar-refractivity contribution in [3.05, 3.63) is 95.6 Å². The number of ether oxygens (including phenoxy) is 1. The third-order valence-electron chi connectivity index (χ3n) is 6.19. The molecule has 3 aromatic rings. The lowest BCUT2D eigenvalue weighted by atomic mass is 9.96. The van der Waals surface area contributed by atoms with E-state index >= 15 is 0 Å². The Kier molecular flexibility index (Phi) is 5.94. The Morgan fingerprint density at radius 2 is 1.86 bits per heavy atom. The van der Waals surface area contributed by atoms with Gasteiger partial charge in [0, 0.05) is 17.1 Å². The number of aromatic nitrogens is 1. The molecule has 0 spiro atoms. The largest absolute Gasteiger partial charge is 0.466 e. The molecule has 9 heteroatoms. The van der Waals surface area contributed by atoms with Gasteiger partial charge in [0.05, 0.1) is 35.7 Å². The average Bonchev–Trinajstić information content (AvgIpc) is 3.31. The Hall–Kier alpha value is -3.49. The fraction of sp³-hybridized carbons (Fsp3) is 0.231. The smallest absolute Gasteiger partial charge is 0.338 e. The van der Waals surface area contributed by atoms with Crippen molar-refractivity contribution in [2.45, 2.75) is 26.3 Å². The predicted molar refractivity (Wildman–Crippen MR) is 135 cm³/mol. The number of amides is 1. The zero-order chi connectivity index (χ0) is 24.9. The lowest BCUT2D eigenvalue weighted by Gasteiger charge is -2.24. The highest BCUT2D eigenvalue weighted by Gasteiger charge is 2.36. The molecule has 0 bridgehead atoms. The van der Waals surface area contributed by atoms with Crippen LogP contribution in [-0.4, -0.2) is 30.1 Å². The second-order valence-corrected chi connectivity index (χ2v) is 9.71. The standard InChI is InChI=1S/C26H22ClN3O4S/c1-4-13-29-18-8-6-5-7-17(18)20(23(29)31)22-24(32)30-21(15-9-11-16(27)12-10-15)19(25(33)34-3)14(2)28-26(30)35-22/h5-12,21H,4,13H2,1-3H3/b22-20+. The lowest BCUT2D eigenvalue weighted by molar-refractivity contribution is -0.136. The van der Waals surface area contributed by atoms with Crippen molar-refractivity contribution in [2.75, 3.05) is 18.6 Å². The van der Waals surface area contributed by atoms with E-state index < -0.39 is 12.0 Å². The topological polar surface area (TPSA) is 81.0 Å². The van der Waals surface area contributed by atoms with Gasteiger partial charge in [0.15, 0.2) is 4.80 Å². The summed E-state index contributed by atoms with van der Waals surface area (Å²) in [5, 5.41) is 0.535. The van der Waals surface area contributed by atoms with E-state index in [-0.39, 0.29) is 17.0 Å². The average molecular weight is 508 g/mol. The number of anilines is 1. The van der Waals surface area contributed by atoms with Gasteiger partial charge in [0.2, 0.25) is 0 Å². The van der Waals surface area contributed by atoms with Gasteiger partial charge in [-0.25, -0.2) is 9.79 Å². The predicted octanol–water partition coefficient (Wildman–Crippen LogP) is 3.19. The highest BCUT2D eigenvalue weighted by atomic mass is 35.5. The van der Waals surface area contributed by atoms with Crippen molar-refractivity contribution in [1.29, 1.82) is 0 Å². The molecule has 1 unspecified atom stereocenters. The van der Waals surface area contributed by atoms with Gasteiger partial charge in [0.25, 0.3) is 11.5 Å². The van der Waals surface area contributed by atoms with Crippen molar-refractivity contribution in [2.24, 2.45) is 4.99 Å². The summed E-state index contributed by atoms with van der Waals surface area (Å²) in [6, 6.07) is 13.7. The van der Waals surface area contributed by atoms with E-state index in [1.165, 1.54) is 11.7 Å². The van der Waals surface area contributed by atoms with Crippen LogP contribution < -0.4 is 19.8 Å². The van der Waals surface area contributed by atoms with Crippen LogP contribution in [0.4, 0.5) is 5.69 Å². The Morgan fingerprint density at radius 1 is 1.14 bits per heavy atom. The van der Waals surface area contributed by atoms with Gasteiger partial charge in [0.1, 0.15) is 4.53 Å². The summed E-state index contributed by atoms with van der Waals surface area (Å²) in [6.45, 7) is 4.27. The Labute approximate surface area is 210 Å². The number of hydrogen-bond donors (Lipinski definition) is 0. The number of hydrogen-bond acceptors (Lipinski definition) is 6. The van der Waals surface area contributed by atoms with Gasteiger partial charge in [-0.3, -0.25) is 14.2 Å². The minimum Gasteiger partial charge on any atom is -0.466 e. The normalized spacial score (nSPS) is 18.3. The minimum atomic E-state index is -0.760. The number of nitrogens with zero attached hydrogens (tertiary/aromatic N) is 3. The quantitative estimate of drug-likeness (QED) is 0.508. The fourth-order valence-corrected chi connectivity index (χ4v) is 5.91. The number of carbonyl (C=O) groups is 2. The molecule has 0 aliphatic carbocycles. The van der Waals surface area contributed by atoms with E-state index in [2.05, 4.69) is 4.99 Å². The summed E-state index contributed by atoms with van der Waals surface area (Å²) in [5.41, 5.74) is 2.92. The zero-order valence-electron chi connectivity index (χ0n) is 19.4. The molecule has 7 nitrogen and oxygen atoms in total. The van der Waals surface area contributed by atoms with Crippen LogP contribution in [0.2, 0.25) is 5.02 Å². The van der Waals surface area contributed by atoms with Gasteiger partial charge in [-0.2, -0.15) is 0 Å². The van der Waals surface area contributed by atoms with E-state index in [1.54, 1.807) is 36.1 Å². The number of thiazole rings is 1. The molecule has 0 N–H and O–H groups in total. The number of benzene rings is 2. The molecule has 0 saturated carbocycles. The first-order valence-corrected chi connectivity index (χ1v) is 12.4. The molecule has 0 fully saturated rings. The third-order valence-corrected chi connectivity index (χ3v) is 7.49. The molecule has 1 amide bonds. The summed E-state index contributed by atoms with van der Waals surface area (Å²) in [7, 11) is 1.30. The number of carbonyl (C=O) groups excluding carboxylic acids is 2. The van der Waals surface area contributed by atoms with E-state index in [0.717, 1.165) is 29.0 Å². The summed E-state index contributed by atoms with van der Waals surface area (Å²) < 4.78 is 6.82. The summed E-state index contributed by atoms with van der Waals surface area (Å²) in [6.07, 6.45) is 0.785. The van der Waals surface area contributed by atoms with Crippen LogP contribution in [0.3, 0.4) is 0 Å². The monoisotopic (exact) mass is 507 g/mol. The van der Waals surface area contributed by atoms with Crippen LogP contribution in [0.1, 0.15) is 37.4 Å². The maximum absolute atomic E-state index is 14.0. The molecule has 2 aliphatic rings. The van der Waals surface area contributed by atoms with Crippen LogP contribution in [0.5, 0.6) is 0 Å². The van der Waals surface area contributed by atoms with E-state index in [0.29, 0.717) is 37.7 Å². The molecule has 5 rings (SSSR count). The van der Waals surface area contributed by atoms with Crippen molar-refractivity contribution in [3.63, 3.8) is 0 Å². The summed E-state index contributed by atoms with van der Waals surface area (Å²) in [5.74, 6) is -0.772. The molecule has 0 radical (unpaired) electrons. The molecule has 178 valence electrons. The second kappa shape index (κ2) is 8.94. The fourth-order valence-electron chi connectivity index (χ4n) is 4.65. The molecule has 2 aromatic carbocycles. The maximum atomic E-state index is 14.0. The molecule has 3 heterocycles. The van der Waals surface area contributed by atoms with Crippen LogP contribution in [0.25, 0.3) is 5.57 Å². The highest BCUT2D eigenvalue weighted by molar-refractivity contribution is 7.07. The maximum Gasteiger partial charge on any atom is 0.338 e. The zero-order valence-corrected chi connectivity index (χ0v) is 20.9. The number of methoxy groups -OCH3 is 1. The Bertz CT molecular complexity index is 1580. The van der Waals surface area contributed by atoms with Gasteiger partial charge < -0.3 is 9.64 Å². The molecular formula is C26H22ClN3O4S. The van der Waals surface area contributed by atoms with E-state index in [1.807, 2.05) is 31.2 Å². The van der Waals surface area contributed by atoms with E-state index in [9.17, 15) is 14.4 Å². The van der Waals surface area contributed by atoms with Gasteiger partial charge in [-0.1, -0.05) is 60.2 Å². The molecule has 2 aliphatic heterocycles.